The highest BCUT2D eigenvalue weighted by atomic mass is 32.1. The molecule has 0 radical (unpaired) electrons. The molecule has 11 nitrogen and oxygen atoms in total. The Morgan fingerprint density at radius 2 is 1.38 bits per heavy atom. The summed E-state index contributed by atoms with van der Waals surface area (Å²) in [6.45, 7) is 4.52. The molecule has 0 amide bonds. The zero-order valence-corrected chi connectivity index (χ0v) is 30.8. The molecule has 1 unspecified atom stereocenters. The molecule has 0 saturated carbocycles. The smallest absolute Gasteiger partial charge is 0.342 e. The number of aldehydes is 1. The van der Waals surface area contributed by atoms with E-state index in [0.717, 1.165) is 29.1 Å². The summed E-state index contributed by atoms with van der Waals surface area (Å²) in [5.74, 6) is -2.85. The summed E-state index contributed by atoms with van der Waals surface area (Å²) in [5, 5.41) is 12.0. The number of hydrogen-bond donors (Lipinski definition) is 1. The van der Waals surface area contributed by atoms with Crippen LogP contribution >= 0.6 is 11.7 Å². The van der Waals surface area contributed by atoms with E-state index in [-0.39, 0.29) is 24.6 Å². The Labute approximate surface area is 321 Å². The Morgan fingerprint density at radius 1 is 0.764 bits per heavy atom. The number of carbonyl (C=O) groups is 4. The first kappa shape index (κ1) is 38.2. The molecule has 1 aliphatic rings. The molecular formula is C43H36N2O9S. The Bertz CT molecular complexity index is 2320. The number of aromatic nitrogens is 2. The number of benzene rings is 5. The van der Waals surface area contributed by atoms with Gasteiger partial charge in [-0.15, -0.1) is 0 Å². The van der Waals surface area contributed by atoms with Gasteiger partial charge in [-0.1, -0.05) is 60.7 Å². The highest BCUT2D eigenvalue weighted by Crippen LogP contribution is 2.45. The normalized spacial score (nSPS) is 14.8. The van der Waals surface area contributed by atoms with E-state index >= 15 is 0 Å². The zero-order chi connectivity index (χ0) is 38.8. The summed E-state index contributed by atoms with van der Waals surface area (Å²) in [7, 11) is 0. The fraction of sp³-hybridized carbons (Fsp3) is 0.163. The molecule has 1 atom stereocenters. The van der Waals surface area contributed by atoms with E-state index in [4.69, 9.17) is 18.9 Å². The lowest BCUT2D eigenvalue weighted by molar-refractivity contribution is -0.185. The van der Waals surface area contributed by atoms with Gasteiger partial charge in [0.25, 0.3) is 5.79 Å². The number of carbonyl (C=O) groups excluding carboxylic acids is 4. The number of aliphatic hydroxyl groups is 1. The molecule has 5 aromatic carbocycles. The van der Waals surface area contributed by atoms with Gasteiger partial charge in [0.2, 0.25) is 0 Å². The van der Waals surface area contributed by atoms with Crippen molar-refractivity contribution in [1.29, 1.82) is 0 Å². The molecule has 12 heteroatoms. The summed E-state index contributed by atoms with van der Waals surface area (Å²) >= 11 is 1.08. The minimum atomic E-state index is -2.03. The van der Waals surface area contributed by atoms with Crippen molar-refractivity contribution in [1.82, 2.24) is 8.75 Å². The van der Waals surface area contributed by atoms with E-state index in [1.165, 1.54) is 0 Å². The van der Waals surface area contributed by atoms with Crippen LogP contribution in [0.4, 0.5) is 0 Å². The summed E-state index contributed by atoms with van der Waals surface area (Å²) in [4.78, 5) is 47.0. The quantitative estimate of drug-likeness (QED) is 0.0750. The van der Waals surface area contributed by atoms with E-state index in [9.17, 15) is 24.3 Å². The van der Waals surface area contributed by atoms with Crippen molar-refractivity contribution >= 4 is 52.5 Å². The van der Waals surface area contributed by atoms with Crippen LogP contribution in [-0.2, 0) is 37.8 Å². The van der Waals surface area contributed by atoms with Crippen LogP contribution in [0, 0.1) is 0 Å². The van der Waals surface area contributed by atoms with Gasteiger partial charge in [-0.05, 0) is 91.2 Å². The highest BCUT2D eigenvalue weighted by molar-refractivity contribution is 7.00. The van der Waals surface area contributed by atoms with Crippen molar-refractivity contribution in [3.05, 3.63) is 166 Å². The number of fused-ring (bicyclic) bond motifs is 1. The first-order valence-corrected chi connectivity index (χ1v) is 18.1. The molecule has 1 N–H and O–H groups in total. The van der Waals surface area contributed by atoms with Crippen LogP contribution in [0.15, 0.2) is 127 Å². The topological polar surface area (TPSA) is 151 Å². The van der Waals surface area contributed by atoms with Crippen molar-refractivity contribution in [3.63, 3.8) is 0 Å². The molecule has 278 valence electrons. The third kappa shape index (κ3) is 9.01. The van der Waals surface area contributed by atoms with Gasteiger partial charge in [-0.25, -0.2) is 14.4 Å². The number of cyclic esters (lactones) is 1. The largest absolute Gasteiger partial charge is 0.489 e. The Kier molecular flexibility index (Phi) is 12.2. The van der Waals surface area contributed by atoms with Crippen molar-refractivity contribution in [2.75, 3.05) is 13.2 Å². The van der Waals surface area contributed by atoms with Crippen molar-refractivity contribution in [2.24, 2.45) is 0 Å². The Balaban J connectivity index is 0.000000336. The second kappa shape index (κ2) is 17.5. The molecule has 2 heterocycles. The summed E-state index contributed by atoms with van der Waals surface area (Å²) in [6, 6.07) is 35.2. The fourth-order valence-electron chi connectivity index (χ4n) is 5.82. The first-order valence-electron chi connectivity index (χ1n) is 17.4. The van der Waals surface area contributed by atoms with Gasteiger partial charge >= 0.3 is 17.9 Å². The van der Waals surface area contributed by atoms with Crippen LogP contribution in [0.25, 0.3) is 16.6 Å². The maximum absolute atomic E-state index is 13.4. The summed E-state index contributed by atoms with van der Waals surface area (Å²) in [5.41, 5.74) is 6.16. The van der Waals surface area contributed by atoms with Gasteiger partial charge in [0.15, 0.2) is 0 Å². The average molecular weight is 757 g/mol. The van der Waals surface area contributed by atoms with E-state index in [2.05, 4.69) is 8.75 Å². The predicted molar refractivity (Wildman–Crippen MR) is 205 cm³/mol. The maximum Gasteiger partial charge on any atom is 0.342 e. The highest BCUT2D eigenvalue weighted by Gasteiger charge is 2.48. The molecular weight excluding hydrogens is 721 g/mol. The van der Waals surface area contributed by atoms with Crippen LogP contribution in [0.3, 0.4) is 0 Å². The SMILES string of the molecule is CCOC(=O)c1ccc(C=O)cc1.CCOC(=O)c1ccc(CC2=C(c3ccc4nsnc4c3)C(=O)OC2(O)c2ccc(OCc3ccccc3)cc2)cc1. The van der Waals surface area contributed by atoms with E-state index < -0.39 is 17.7 Å². The molecule has 0 saturated heterocycles. The van der Waals surface area contributed by atoms with Gasteiger partial charge in [-0.2, -0.15) is 8.75 Å². The van der Waals surface area contributed by atoms with Crippen LogP contribution in [-0.4, -0.2) is 51.3 Å². The summed E-state index contributed by atoms with van der Waals surface area (Å²) in [6.07, 6.45) is 0.912. The van der Waals surface area contributed by atoms with E-state index in [1.807, 2.05) is 30.3 Å². The molecule has 0 fully saturated rings. The second-order valence-electron chi connectivity index (χ2n) is 12.2. The van der Waals surface area contributed by atoms with Crippen LogP contribution in [0.1, 0.15) is 67.2 Å². The van der Waals surface area contributed by atoms with E-state index in [0.29, 0.717) is 63.4 Å². The number of ether oxygens (including phenoxy) is 4. The van der Waals surface area contributed by atoms with Crippen LogP contribution < -0.4 is 4.74 Å². The van der Waals surface area contributed by atoms with Crippen molar-refractivity contribution in [3.8, 4) is 5.75 Å². The van der Waals surface area contributed by atoms with Gasteiger partial charge in [0.1, 0.15) is 29.7 Å². The Morgan fingerprint density at radius 3 is 2.00 bits per heavy atom. The molecule has 6 aromatic rings. The van der Waals surface area contributed by atoms with Gasteiger partial charge in [0, 0.05) is 23.1 Å². The van der Waals surface area contributed by atoms with Crippen molar-refractivity contribution < 1.29 is 43.2 Å². The summed E-state index contributed by atoms with van der Waals surface area (Å²) < 4.78 is 30.1. The maximum atomic E-state index is 13.4. The number of nitrogens with zero attached hydrogens (tertiary/aromatic N) is 2. The fourth-order valence-corrected chi connectivity index (χ4v) is 6.34. The van der Waals surface area contributed by atoms with Gasteiger partial charge < -0.3 is 24.1 Å². The molecule has 0 spiro atoms. The Hall–Kier alpha value is -6.50. The third-order valence-corrected chi connectivity index (χ3v) is 9.15. The number of rotatable bonds is 12. The van der Waals surface area contributed by atoms with Crippen molar-refractivity contribution in [2.45, 2.75) is 32.7 Å². The second-order valence-corrected chi connectivity index (χ2v) is 12.7. The lowest BCUT2D eigenvalue weighted by Crippen LogP contribution is -2.29. The van der Waals surface area contributed by atoms with Crippen LogP contribution in [0.2, 0.25) is 0 Å². The first-order chi connectivity index (χ1) is 26.7. The van der Waals surface area contributed by atoms with Gasteiger partial charge in [0.05, 0.1) is 41.6 Å². The molecule has 7 rings (SSSR count). The zero-order valence-electron chi connectivity index (χ0n) is 30.0. The van der Waals surface area contributed by atoms with Crippen LogP contribution in [0.5, 0.6) is 5.75 Å². The molecule has 1 aromatic heterocycles. The lowest BCUT2D eigenvalue weighted by Gasteiger charge is -2.26. The third-order valence-electron chi connectivity index (χ3n) is 8.60. The lowest BCUT2D eigenvalue weighted by atomic mass is 9.88. The minimum Gasteiger partial charge on any atom is -0.489 e. The predicted octanol–water partition coefficient (Wildman–Crippen LogP) is 7.52. The van der Waals surface area contributed by atoms with Gasteiger partial charge in [-0.3, -0.25) is 4.79 Å². The number of esters is 3. The molecule has 0 bridgehead atoms. The van der Waals surface area contributed by atoms with E-state index in [1.54, 1.807) is 105 Å². The number of hydrogen-bond acceptors (Lipinski definition) is 12. The minimum absolute atomic E-state index is 0.181. The standard InChI is InChI=1S/C33H26N2O6S.C10H10O3/c1-2-39-31(36)23-10-8-21(9-11-23)18-27-30(24-12-17-28-29(19-24)35-42-34-28)32(37)41-33(27,38)25-13-15-26(16-14-25)40-20-22-6-4-3-5-7-22;1-2-13-10(12)9-5-3-8(7-11)4-6-9/h3-17,19,38H,2,18,20H2,1H3;3-7H,2H2,1H3. The molecule has 55 heavy (non-hydrogen) atoms. The monoisotopic (exact) mass is 756 g/mol. The average Bonchev–Trinajstić information content (AvgIpc) is 3.79. The molecule has 1 aliphatic heterocycles. The molecule has 0 aliphatic carbocycles.